The van der Waals surface area contributed by atoms with Gasteiger partial charge in [0.2, 0.25) is 5.91 Å². The molecule has 1 rings (SSSR count). The average molecular weight is 307 g/mol. The van der Waals surface area contributed by atoms with Gasteiger partial charge in [-0.3, -0.25) is 9.69 Å². The molecular weight excluding hydrogens is 291 g/mol. The first-order chi connectivity index (χ1) is 9.26. The first-order valence-electron chi connectivity index (χ1n) is 5.82. The molecule has 0 atom stereocenters. The number of halogens is 3. The van der Waals surface area contributed by atoms with Crippen LogP contribution in [0.15, 0.2) is 24.3 Å². The maximum Gasteiger partial charge on any atom is 0.441 e. The molecule has 0 aliphatic rings. The fraction of sp³-hybridized carbons (Fsp3) is 0.417. The van der Waals surface area contributed by atoms with Crippen LogP contribution in [0.5, 0.6) is 0 Å². The van der Waals surface area contributed by atoms with Crippen molar-refractivity contribution in [3.63, 3.8) is 0 Å². The van der Waals surface area contributed by atoms with Crippen molar-refractivity contribution >= 4 is 23.4 Å². The molecule has 0 bridgehead atoms. The number of nitrogens with zero attached hydrogens (tertiary/aromatic N) is 1. The Morgan fingerprint density at radius 1 is 1.25 bits per heavy atom. The molecule has 0 unspecified atom stereocenters. The van der Waals surface area contributed by atoms with Crippen LogP contribution in [0.25, 0.3) is 0 Å². The molecule has 20 heavy (non-hydrogen) atoms. The molecule has 0 saturated heterocycles. The number of nitrogens with two attached hydrogens (primary N) is 2. The minimum atomic E-state index is -4.26. The number of carbonyl (C=O) groups excluding carboxylic acids is 1. The molecule has 0 aliphatic carbocycles. The average Bonchev–Trinajstić information content (AvgIpc) is 2.29. The van der Waals surface area contributed by atoms with E-state index in [1.54, 1.807) is 29.2 Å². The second-order valence-corrected chi connectivity index (χ2v) is 5.37. The van der Waals surface area contributed by atoms with Gasteiger partial charge in [-0.05, 0) is 29.5 Å². The minimum Gasteiger partial charge on any atom is -0.399 e. The van der Waals surface area contributed by atoms with Crippen molar-refractivity contribution in [2.75, 3.05) is 24.6 Å². The number of nitrogen functional groups attached to an aromatic ring is 1. The molecule has 8 heteroatoms. The van der Waals surface area contributed by atoms with E-state index in [1.807, 2.05) is 0 Å². The van der Waals surface area contributed by atoms with E-state index in [0.717, 1.165) is 5.56 Å². The quantitative estimate of drug-likeness (QED) is 0.754. The maximum atomic E-state index is 12.1. The van der Waals surface area contributed by atoms with Crippen LogP contribution in [0.2, 0.25) is 0 Å². The number of amides is 1. The highest BCUT2D eigenvalue weighted by Crippen LogP contribution is 2.29. The summed E-state index contributed by atoms with van der Waals surface area (Å²) in [6, 6.07) is 6.92. The summed E-state index contributed by atoms with van der Waals surface area (Å²) in [6.07, 6.45) is 0. The van der Waals surface area contributed by atoms with E-state index in [4.69, 9.17) is 11.5 Å². The van der Waals surface area contributed by atoms with E-state index < -0.39 is 11.4 Å². The van der Waals surface area contributed by atoms with E-state index in [-0.39, 0.29) is 30.6 Å². The minimum absolute atomic E-state index is 0.0806. The van der Waals surface area contributed by atoms with Gasteiger partial charge in [0.15, 0.2) is 0 Å². The Morgan fingerprint density at radius 2 is 1.85 bits per heavy atom. The van der Waals surface area contributed by atoms with Gasteiger partial charge in [0, 0.05) is 24.5 Å². The van der Waals surface area contributed by atoms with Crippen molar-refractivity contribution in [3.8, 4) is 0 Å². The third-order valence-corrected chi connectivity index (χ3v) is 3.15. The van der Waals surface area contributed by atoms with Gasteiger partial charge in [-0.1, -0.05) is 12.1 Å². The number of alkyl halides is 3. The molecule has 1 aromatic rings. The van der Waals surface area contributed by atoms with Crippen molar-refractivity contribution in [1.29, 1.82) is 0 Å². The Labute approximate surface area is 119 Å². The Hall–Kier alpha value is -1.41. The van der Waals surface area contributed by atoms with Gasteiger partial charge in [0.1, 0.15) is 0 Å². The van der Waals surface area contributed by atoms with Gasteiger partial charge in [0.25, 0.3) is 0 Å². The van der Waals surface area contributed by atoms with Crippen LogP contribution in [0.3, 0.4) is 0 Å². The molecule has 0 fully saturated rings. The molecule has 1 amide bonds. The molecule has 112 valence electrons. The van der Waals surface area contributed by atoms with Crippen LogP contribution in [-0.2, 0) is 11.3 Å². The SMILES string of the molecule is NC(=O)CN(CCSC(F)(F)F)Cc1ccc(N)cc1. The molecule has 4 nitrogen and oxygen atoms in total. The van der Waals surface area contributed by atoms with Crippen LogP contribution in [0.4, 0.5) is 18.9 Å². The van der Waals surface area contributed by atoms with Gasteiger partial charge in [-0.2, -0.15) is 13.2 Å². The van der Waals surface area contributed by atoms with Crippen molar-refractivity contribution in [2.24, 2.45) is 5.73 Å². The van der Waals surface area contributed by atoms with Gasteiger partial charge < -0.3 is 11.5 Å². The number of hydrogen-bond acceptors (Lipinski definition) is 4. The number of carbonyl (C=O) groups is 1. The smallest absolute Gasteiger partial charge is 0.399 e. The van der Waals surface area contributed by atoms with Crippen LogP contribution >= 0.6 is 11.8 Å². The number of hydrogen-bond donors (Lipinski definition) is 2. The Kier molecular flexibility index (Phi) is 6.15. The molecule has 0 saturated carbocycles. The Bertz CT molecular complexity index is 437. The summed E-state index contributed by atoms with van der Waals surface area (Å²) in [7, 11) is 0. The predicted molar refractivity (Wildman–Crippen MR) is 73.8 cm³/mol. The molecule has 1 aromatic carbocycles. The molecule has 0 spiro atoms. The Balaban J connectivity index is 2.55. The fourth-order valence-corrected chi connectivity index (χ4v) is 2.19. The lowest BCUT2D eigenvalue weighted by Gasteiger charge is -2.21. The van der Waals surface area contributed by atoms with Gasteiger partial charge in [-0.25, -0.2) is 0 Å². The topological polar surface area (TPSA) is 72.4 Å². The molecular formula is C12H16F3N3OS. The van der Waals surface area contributed by atoms with E-state index >= 15 is 0 Å². The summed E-state index contributed by atoms with van der Waals surface area (Å²) in [5.74, 6) is -0.719. The molecule has 4 N–H and O–H groups in total. The van der Waals surface area contributed by atoms with Crippen LogP contribution in [0, 0.1) is 0 Å². The molecule has 0 aliphatic heterocycles. The lowest BCUT2D eigenvalue weighted by Crippen LogP contribution is -2.35. The third-order valence-electron chi connectivity index (χ3n) is 2.44. The number of rotatable bonds is 7. The Morgan fingerprint density at radius 3 is 2.35 bits per heavy atom. The standard InChI is InChI=1S/C12H16F3N3OS/c13-12(14,15)20-6-5-18(8-11(17)19)7-9-1-3-10(16)4-2-9/h1-4H,5-8,16H2,(H2,17,19). The van der Waals surface area contributed by atoms with E-state index in [1.165, 1.54) is 0 Å². The van der Waals surface area contributed by atoms with Crippen molar-refractivity contribution in [3.05, 3.63) is 29.8 Å². The van der Waals surface area contributed by atoms with Crippen molar-refractivity contribution in [1.82, 2.24) is 4.90 Å². The summed E-state index contributed by atoms with van der Waals surface area (Å²) >= 11 is -0.112. The summed E-state index contributed by atoms with van der Waals surface area (Å²) in [4.78, 5) is 12.5. The van der Waals surface area contributed by atoms with Gasteiger partial charge in [-0.15, -0.1) is 0 Å². The number of benzene rings is 1. The van der Waals surface area contributed by atoms with Crippen LogP contribution < -0.4 is 11.5 Å². The maximum absolute atomic E-state index is 12.1. The normalized spacial score (nSPS) is 11.8. The molecule has 0 radical (unpaired) electrons. The zero-order chi connectivity index (χ0) is 15.2. The number of thioether (sulfide) groups is 1. The van der Waals surface area contributed by atoms with E-state index in [0.29, 0.717) is 12.2 Å². The van der Waals surface area contributed by atoms with Crippen molar-refractivity contribution in [2.45, 2.75) is 12.1 Å². The second-order valence-electron chi connectivity index (χ2n) is 4.21. The lowest BCUT2D eigenvalue weighted by molar-refractivity contribution is -0.119. The highest BCUT2D eigenvalue weighted by Gasteiger charge is 2.27. The van der Waals surface area contributed by atoms with Crippen molar-refractivity contribution < 1.29 is 18.0 Å². The van der Waals surface area contributed by atoms with E-state index in [9.17, 15) is 18.0 Å². The zero-order valence-electron chi connectivity index (χ0n) is 10.7. The largest absolute Gasteiger partial charge is 0.441 e. The van der Waals surface area contributed by atoms with Crippen LogP contribution in [0.1, 0.15) is 5.56 Å². The zero-order valence-corrected chi connectivity index (χ0v) is 11.5. The van der Waals surface area contributed by atoms with Gasteiger partial charge in [0.05, 0.1) is 6.54 Å². The predicted octanol–water partition coefficient (Wildman–Crippen LogP) is 1.81. The van der Waals surface area contributed by atoms with E-state index in [2.05, 4.69) is 0 Å². The van der Waals surface area contributed by atoms with Crippen LogP contribution in [-0.4, -0.2) is 35.2 Å². The summed E-state index contributed by atoms with van der Waals surface area (Å²) < 4.78 is 36.2. The van der Waals surface area contributed by atoms with Gasteiger partial charge >= 0.3 is 5.51 Å². The first kappa shape index (κ1) is 16.6. The lowest BCUT2D eigenvalue weighted by atomic mass is 10.2. The second kappa shape index (κ2) is 7.39. The molecule has 0 aromatic heterocycles. The highest BCUT2D eigenvalue weighted by molar-refractivity contribution is 8.00. The number of anilines is 1. The number of primary amides is 1. The summed E-state index contributed by atoms with van der Waals surface area (Å²) in [5, 5.41) is 0. The fourth-order valence-electron chi connectivity index (χ4n) is 1.61. The monoisotopic (exact) mass is 307 g/mol. The molecule has 0 heterocycles. The third kappa shape index (κ3) is 7.25. The summed E-state index contributed by atoms with van der Waals surface area (Å²) in [5.41, 5.74) is 7.84. The highest BCUT2D eigenvalue weighted by atomic mass is 32.2. The summed E-state index contributed by atoms with van der Waals surface area (Å²) in [6.45, 7) is 0.391. The first-order valence-corrected chi connectivity index (χ1v) is 6.80.